The second kappa shape index (κ2) is 12.1. The maximum absolute atomic E-state index is 14.1. The van der Waals surface area contributed by atoms with Crippen LogP contribution in [0.2, 0.25) is 5.02 Å². The molecule has 1 saturated heterocycles. The summed E-state index contributed by atoms with van der Waals surface area (Å²) in [6.45, 7) is -0.745. The molecule has 6 rings (SSSR count). The van der Waals surface area contributed by atoms with Crippen molar-refractivity contribution in [1.82, 2.24) is 33.8 Å². The summed E-state index contributed by atoms with van der Waals surface area (Å²) < 4.78 is 51.3. The maximum Gasteiger partial charge on any atom is 0.335 e. The molecule has 0 saturated carbocycles. The number of carboxylic acid groups (broad SMARTS) is 1. The highest BCUT2D eigenvalue weighted by atomic mass is 35.5. The lowest BCUT2D eigenvalue weighted by Crippen LogP contribution is -2.35. The zero-order valence-corrected chi connectivity index (χ0v) is 23.5. The molecule has 0 amide bonds. The number of aromatic nitrogens is 6. The highest BCUT2D eigenvalue weighted by molar-refractivity contribution is 6.30. The van der Waals surface area contributed by atoms with E-state index in [0.29, 0.717) is 39.9 Å². The minimum Gasteiger partial charge on any atom is -0.478 e. The van der Waals surface area contributed by atoms with Crippen LogP contribution >= 0.6 is 11.6 Å². The lowest BCUT2D eigenvalue weighted by molar-refractivity contribution is 0.0668. The number of aromatic carboxylic acids is 1. The van der Waals surface area contributed by atoms with Crippen LogP contribution in [0, 0.1) is 5.82 Å². The van der Waals surface area contributed by atoms with Crippen LogP contribution in [0.15, 0.2) is 61.2 Å². The average Bonchev–Trinajstić information content (AvgIpc) is 3.72. The first-order valence-electron chi connectivity index (χ1n) is 13.6. The number of imidazole rings is 2. The molecule has 0 aliphatic carbocycles. The van der Waals surface area contributed by atoms with E-state index in [1.807, 2.05) is 10.9 Å². The van der Waals surface area contributed by atoms with E-state index in [9.17, 15) is 23.1 Å². The van der Waals surface area contributed by atoms with Gasteiger partial charge in [0, 0.05) is 35.9 Å². The SMILES string of the molecule is O=C(O)c1ccc2nc(CN3CCC(n4ccc(OCc5ccc(Cl)cc5F)n4)CC3)n(Cc3cncn3C(F)F)c2c1. The van der Waals surface area contributed by atoms with Gasteiger partial charge < -0.3 is 14.4 Å². The van der Waals surface area contributed by atoms with Gasteiger partial charge in [-0.3, -0.25) is 14.1 Å². The number of hydrogen-bond donors (Lipinski definition) is 1. The number of alkyl halides is 2. The number of rotatable bonds is 10. The highest BCUT2D eigenvalue weighted by Crippen LogP contribution is 2.27. The summed E-state index contributed by atoms with van der Waals surface area (Å²) in [4.78, 5) is 22.5. The summed E-state index contributed by atoms with van der Waals surface area (Å²) in [6.07, 6.45) is 5.90. The molecule has 5 aromatic rings. The number of hydrogen-bond acceptors (Lipinski definition) is 6. The summed E-state index contributed by atoms with van der Waals surface area (Å²) in [5.41, 5.74) is 1.89. The van der Waals surface area contributed by atoms with E-state index in [1.54, 1.807) is 28.8 Å². The normalized spacial score (nSPS) is 14.6. The largest absolute Gasteiger partial charge is 0.478 e. The van der Waals surface area contributed by atoms with Crippen LogP contribution in [0.3, 0.4) is 0 Å². The van der Waals surface area contributed by atoms with Gasteiger partial charge in [0.05, 0.1) is 53.9 Å². The third-order valence-electron chi connectivity index (χ3n) is 7.62. The molecule has 3 aromatic heterocycles. The predicted octanol–water partition coefficient (Wildman–Crippen LogP) is 5.78. The number of fused-ring (bicyclic) bond motifs is 1. The number of likely N-dealkylation sites (tertiary alicyclic amines) is 1. The van der Waals surface area contributed by atoms with Crippen molar-refractivity contribution >= 4 is 28.6 Å². The van der Waals surface area contributed by atoms with Gasteiger partial charge in [0.1, 0.15) is 18.2 Å². The molecule has 43 heavy (non-hydrogen) atoms. The van der Waals surface area contributed by atoms with Crippen molar-refractivity contribution in [3.63, 3.8) is 0 Å². The summed E-state index contributed by atoms with van der Waals surface area (Å²) in [5.74, 6) is -0.480. The molecule has 10 nitrogen and oxygen atoms in total. The quantitative estimate of drug-likeness (QED) is 0.213. The van der Waals surface area contributed by atoms with Crippen LogP contribution in [-0.4, -0.2) is 57.9 Å². The smallest absolute Gasteiger partial charge is 0.335 e. The van der Waals surface area contributed by atoms with Crippen molar-refractivity contribution in [2.45, 2.75) is 45.1 Å². The van der Waals surface area contributed by atoms with Crippen LogP contribution in [0.1, 0.15) is 52.9 Å². The molecule has 14 heteroatoms. The maximum atomic E-state index is 14.1. The van der Waals surface area contributed by atoms with Crippen molar-refractivity contribution < 1.29 is 27.8 Å². The number of benzene rings is 2. The fourth-order valence-electron chi connectivity index (χ4n) is 5.33. The van der Waals surface area contributed by atoms with Crippen molar-refractivity contribution in [1.29, 1.82) is 0 Å². The Hall–Kier alpha value is -4.36. The Morgan fingerprint density at radius 1 is 1.12 bits per heavy atom. The van der Waals surface area contributed by atoms with Gasteiger partial charge in [-0.05, 0) is 43.2 Å². The van der Waals surface area contributed by atoms with E-state index in [2.05, 4.69) is 15.0 Å². The minimum atomic E-state index is -2.75. The zero-order chi connectivity index (χ0) is 30.1. The third-order valence-corrected chi connectivity index (χ3v) is 7.86. The number of halogens is 4. The molecule has 4 heterocycles. The Balaban J connectivity index is 1.14. The monoisotopic (exact) mass is 613 g/mol. The molecule has 0 radical (unpaired) electrons. The molecular weight excluding hydrogens is 587 g/mol. The molecule has 0 unspecified atom stereocenters. The van der Waals surface area contributed by atoms with Gasteiger partial charge in [0.15, 0.2) is 0 Å². The van der Waals surface area contributed by atoms with E-state index in [4.69, 9.17) is 21.3 Å². The van der Waals surface area contributed by atoms with Crippen molar-refractivity contribution in [3.8, 4) is 5.88 Å². The first-order chi connectivity index (χ1) is 20.7. The van der Waals surface area contributed by atoms with E-state index in [1.165, 1.54) is 24.4 Å². The standard InChI is InChI=1S/C29H27ClF3N7O3/c30-20-3-1-19(23(31)12-20)16-43-27-7-10-40(36-27)21-5-8-37(9-6-21)15-26-35-24-4-2-18(28(41)42)11-25(24)38(26)14-22-13-34-17-39(22)29(32)33/h1-4,7,10-13,17,21,29H,5-6,8-9,14-16H2,(H,41,42). The number of ether oxygens (including phenoxy) is 1. The average molecular weight is 614 g/mol. The third kappa shape index (κ3) is 6.22. The highest BCUT2D eigenvalue weighted by Gasteiger charge is 2.24. The molecule has 1 aliphatic heterocycles. The van der Waals surface area contributed by atoms with E-state index < -0.39 is 18.3 Å². The first-order valence-corrected chi connectivity index (χ1v) is 14.0. The molecule has 2 aromatic carbocycles. The van der Waals surface area contributed by atoms with Gasteiger partial charge in [0.25, 0.3) is 0 Å². The Bertz CT molecular complexity index is 1760. The van der Waals surface area contributed by atoms with Gasteiger partial charge >= 0.3 is 12.5 Å². The summed E-state index contributed by atoms with van der Waals surface area (Å²) in [5, 5.41) is 14.4. The number of carboxylic acids is 1. The molecule has 1 aliphatic rings. The molecule has 0 bridgehead atoms. The second-order valence-electron chi connectivity index (χ2n) is 10.4. The van der Waals surface area contributed by atoms with Gasteiger partial charge in [-0.25, -0.2) is 19.2 Å². The number of piperidine rings is 1. The van der Waals surface area contributed by atoms with Gasteiger partial charge in [-0.15, -0.1) is 5.10 Å². The summed E-state index contributed by atoms with van der Waals surface area (Å²) in [7, 11) is 0. The Kier molecular flexibility index (Phi) is 8.08. The Morgan fingerprint density at radius 2 is 1.93 bits per heavy atom. The molecule has 1 fully saturated rings. The van der Waals surface area contributed by atoms with Crippen LogP contribution in [0.25, 0.3) is 11.0 Å². The molecular formula is C29H27ClF3N7O3. The molecule has 1 N–H and O–H groups in total. The van der Waals surface area contributed by atoms with Gasteiger partial charge in [-0.2, -0.15) is 8.78 Å². The van der Waals surface area contributed by atoms with Crippen LogP contribution in [0.5, 0.6) is 5.88 Å². The molecule has 0 atom stereocenters. The minimum absolute atomic E-state index is 0.0333. The fraction of sp³-hybridized carbons (Fsp3) is 0.310. The first kappa shape index (κ1) is 28.7. The lowest BCUT2D eigenvalue weighted by Gasteiger charge is -2.31. The van der Waals surface area contributed by atoms with E-state index in [0.717, 1.165) is 36.8 Å². The number of carbonyl (C=O) groups is 1. The zero-order valence-electron chi connectivity index (χ0n) is 22.8. The van der Waals surface area contributed by atoms with Crippen LogP contribution in [-0.2, 0) is 19.7 Å². The molecule has 224 valence electrons. The van der Waals surface area contributed by atoms with Crippen molar-refractivity contribution in [2.75, 3.05) is 13.1 Å². The van der Waals surface area contributed by atoms with Crippen LogP contribution in [0.4, 0.5) is 13.2 Å². The van der Waals surface area contributed by atoms with E-state index >= 15 is 0 Å². The lowest BCUT2D eigenvalue weighted by atomic mass is 10.1. The number of nitrogens with zero attached hydrogens (tertiary/aromatic N) is 7. The van der Waals surface area contributed by atoms with Crippen molar-refractivity contribution in [2.24, 2.45) is 0 Å². The topological polar surface area (TPSA) is 103 Å². The van der Waals surface area contributed by atoms with E-state index in [-0.39, 0.29) is 30.5 Å². The molecule has 0 spiro atoms. The predicted molar refractivity (Wildman–Crippen MR) is 151 cm³/mol. The Labute approximate surface area is 248 Å². The summed E-state index contributed by atoms with van der Waals surface area (Å²) >= 11 is 5.81. The van der Waals surface area contributed by atoms with Gasteiger partial charge in [-0.1, -0.05) is 17.7 Å². The Morgan fingerprint density at radius 3 is 2.67 bits per heavy atom. The summed E-state index contributed by atoms with van der Waals surface area (Å²) in [6, 6.07) is 10.9. The second-order valence-corrected chi connectivity index (χ2v) is 10.8. The van der Waals surface area contributed by atoms with Crippen LogP contribution < -0.4 is 4.74 Å². The van der Waals surface area contributed by atoms with Crippen molar-refractivity contribution in [3.05, 3.63) is 94.7 Å². The van der Waals surface area contributed by atoms with Gasteiger partial charge in [0.2, 0.25) is 5.88 Å². The fourth-order valence-corrected chi connectivity index (χ4v) is 5.49.